The van der Waals surface area contributed by atoms with Gasteiger partial charge in [0.05, 0.1) is 5.69 Å². The van der Waals surface area contributed by atoms with Gasteiger partial charge in [-0.1, -0.05) is 55.0 Å². The van der Waals surface area contributed by atoms with Crippen molar-refractivity contribution in [3.8, 4) is 0 Å². The number of anilines is 1. The van der Waals surface area contributed by atoms with Crippen molar-refractivity contribution in [2.75, 3.05) is 24.9 Å². The lowest BCUT2D eigenvalue weighted by Crippen LogP contribution is -2.53. The van der Waals surface area contributed by atoms with Crippen LogP contribution in [0.15, 0.2) is 54.6 Å². The summed E-state index contributed by atoms with van der Waals surface area (Å²) in [6.07, 6.45) is 0.757. The van der Waals surface area contributed by atoms with Gasteiger partial charge in [-0.3, -0.25) is 9.59 Å². The third-order valence-electron chi connectivity index (χ3n) is 5.70. The van der Waals surface area contributed by atoms with E-state index in [0.29, 0.717) is 5.69 Å². The molecule has 0 saturated carbocycles. The van der Waals surface area contributed by atoms with Gasteiger partial charge in [-0.25, -0.2) is 4.31 Å². The Hall–Kier alpha value is -2.91. The summed E-state index contributed by atoms with van der Waals surface area (Å²) in [7, 11) is -1.11. The lowest BCUT2D eigenvalue weighted by Gasteiger charge is -2.33. The molecular weight excluding hydrogens is 452 g/mol. The van der Waals surface area contributed by atoms with Gasteiger partial charge in [0.25, 0.3) is 0 Å². The molecule has 0 heterocycles. The van der Waals surface area contributed by atoms with Crippen LogP contribution in [0.1, 0.15) is 38.3 Å². The minimum absolute atomic E-state index is 0.0405. The summed E-state index contributed by atoms with van der Waals surface area (Å²) in [5.41, 5.74) is 2.30. The van der Waals surface area contributed by atoms with Crippen LogP contribution in [-0.4, -0.2) is 62.2 Å². The van der Waals surface area contributed by atoms with Gasteiger partial charge in [0.15, 0.2) is 0 Å². The third-order valence-corrected chi connectivity index (χ3v) is 7.52. The fraction of sp³-hybridized carbons (Fsp3) is 0.440. The highest BCUT2D eigenvalue weighted by atomic mass is 32.2. The van der Waals surface area contributed by atoms with E-state index in [0.717, 1.165) is 26.2 Å². The van der Waals surface area contributed by atoms with Crippen LogP contribution in [-0.2, 0) is 26.3 Å². The first-order valence-corrected chi connectivity index (χ1v) is 12.8. The van der Waals surface area contributed by atoms with Crippen molar-refractivity contribution in [2.24, 2.45) is 0 Å². The molecule has 34 heavy (non-hydrogen) atoms. The van der Waals surface area contributed by atoms with Gasteiger partial charge in [-0.15, -0.1) is 0 Å². The molecule has 2 atom stereocenters. The fourth-order valence-corrected chi connectivity index (χ4v) is 4.31. The SMILES string of the molecule is CC[C@@H](C)NC(=O)[C@H](C)N(Cc1ccc(C)cc1)C(=O)CN(c1ccccc1)S(=O)(=O)N(C)C. The minimum Gasteiger partial charge on any atom is -0.352 e. The van der Waals surface area contributed by atoms with Crippen LogP contribution in [0.2, 0.25) is 0 Å². The number of nitrogens with one attached hydrogen (secondary N) is 1. The molecule has 0 spiro atoms. The minimum atomic E-state index is -3.95. The molecule has 186 valence electrons. The zero-order valence-corrected chi connectivity index (χ0v) is 21.7. The number of carbonyl (C=O) groups is 2. The number of hydrogen-bond acceptors (Lipinski definition) is 4. The Kier molecular flexibility index (Phi) is 9.64. The molecule has 2 amide bonds. The number of para-hydroxylation sites is 1. The van der Waals surface area contributed by atoms with Crippen LogP contribution < -0.4 is 9.62 Å². The molecule has 0 aliphatic heterocycles. The van der Waals surface area contributed by atoms with Crippen molar-refractivity contribution < 1.29 is 18.0 Å². The van der Waals surface area contributed by atoms with E-state index in [9.17, 15) is 18.0 Å². The second kappa shape index (κ2) is 12.0. The molecule has 2 aromatic rings. The molecule has 0 aliphatic rings. The lowest BCUT2D eigenvalue weighted by molar-refractivity contribution is -0.139. The molecule has 0 unspecified atom stereocenters. The number of nitrogens with zero attached hydrogens (tertiary/aromatic N) is 3. The van der Waals surface area contributed by atoms with Crippen LogP contribution >= 0.6 is 0 Å². The summed E-state index contributed by atoms with van der Waals surface area (Å²) in [6, 6.07) is 15.3. The number of hydrogen-bond donors (Lipinski definition) is 1. The Morgan fingerprint density at radius 3 is 2.09 bits per heavy atom. The highest BCUT2D eigenvalue weighted by Gasteiger charge is 2.32. The maximum absolute atomic E-state index is 13.6. The molecular formula is C25H36N4O4S. The molecule has 0 aliphatic carbocycles. The van der Waals surface area contributed by atoms with Crippen molar-refractivity contribution in [2.45, 2.75) is 52.7 Å². The van der Waals surface area contributed by atoms with Gasteiger partial charge >= 0.3 is 10.2 Å². The first kappa shape index (κ1) is 27.3. The van der Waals surface area contributed by atoms with Crippen LogP contribution in [0.25, 0.3) is 0 Å². The van der Waals surface area contributed by atoms with Crippen molar-refractivity contribution in [1.29, 1.82) is 0 Å². The van der Waals surface area contributed by atoms with Gasteiger partial charge < -0.3 is 10.2 Å². The molecule has 9 heteroatoms. The normalized spacial score (nSPS) is 13.3. The summed E-state index contributed by atoms with van der Waals surface area (Å²) in [4.78, 5) is 27.9. The monoisotopic (exact) mass is 488 g/mol. The van der Waals surface area contributed by atoms with Crippen molar-refractivity contribution in [3.05, 3.63) is 65.7 Å². The van der Waals surface area contributed by atoms with Crippen molar-refractivity contribution >= 4 is 27.7 Å². The van der Waals surface area contributed by atoms with Gasteiger partial charge in [0.2, 0.25) is 11.8 Å². The number of amides is 2. The zero-order chi connectivity index (χ0) is 25.5. The number of carbonyl (C=O) groups excluding carboxylic acids is 2. The van der Waals surface area contributed by atoms with Crippen LogP contribution in [0.5, 0.6) is 0 Å². The third kappa shape index (κ3) is 7.04. The summed E-state index contributed by atoms with van der Waals surface area (Å²) in [6.45, 7) is 7.25. The molecule has 2 rings (SSSR count). The van der Waals surface area contributed by atoms with E-state index in [1.54, 1.807) is 37.3 Å². The highest BCUT2D eigenvalue weighted by Crippen LogP contribution is 2.20. The lowest BCUT2D eigenvalue weighted by atomic mass is 10.1. The summed E-state index contributed by atoms with van der Waals surface area (Å²) >= 11 is 0. The van der Waals surface area contributed by atoms with E-state index < -0.39 is 28.7 Å². The van der Waals surface area contributed by atoms with Gasteiger partial charge in [0.1, 0.15) is 12.6 Å². The molecule has 0 radical (unpaired) electrons. The first-order chi connectivity index (χ1) is 16.0. The Bertz CT molecular complexity index is 1060. The van der Waals surface area contributed by atoms with Crippen LogP contribution in [0.3, 0.4) is 0 Å². The van der Waals surface area contributed by atoms with E-state index in [1.165, 1.54) is 19.0 Å². The van der Waals surface area contributed by atoms with E-state index in [1.807, 2.05) is 45.0 Å². The maximum atomic E-state index is 13.6. The topological polar surface area (TPSA) is 90.0 Å². The molecule has 0 aromatic heterocycles. The van der Waals surface area contributed by atoms with Crippen LogP contribution in [0, 0.1) is 6.92 Å². The average Bonchev–Trinajstić information content (AvgIpc) is 2.81. The predicted octanol–water partition coefficient (Wildman–Crippen LogP) is 2.94. The van der Waals surface area contributed by atoms with E-state index in [4.69, 9.17) is 0 Å². The summed E-state index contributed by atoms with van der Waals surface area (Å²) in [5, 5.41) is 2.92. The van der Waals surface area contributed by atoms with E-state index >= 15 is 0 Å². The average molecular weight is 489 g/mol. The summed E-state index contributed by atoms with van der Waals surface area (Å²) in [5.74, 6) is -0.752. The fourth-order valence-electron chi connectivity index (χ4n) is 3.25. The second-order valence-corrected chi connectivity index (χ2v) is 10.7. The summed E-state index contributed by atoms with van der Waals surface area (Å²) < 4.78 is 28.3. The quantitative estimate of drug-likeness (QED) is 0.527. The Balaban J connectivity index is 2.41. The predicted molar refractivity (Wildman–Crippen MR) is 135 cm³/mol. The first-order valence-electron chi connectivity index (χ1n) is 11.4. The van der Waals surface area contributed by atoms with Crippen LogP contribution in [0.4, 0.5) is 5.69 Å². The second-order valence-electron chi connectivity index (χ2n) is 8.63. The van der Waals surface area contributed by atoms with E-state index in [2.05, 4.69) is 5.32 Å². The molecule has 0 fully saturated rings. The molecule has 1 N–H and O–H groups in total. The van der Waals surface area contributed by atoms with Crippen molar-refractivity contribution in [3.63, 3.8) is 0 Å². The van der Waals surface area contributed by atoms with Crippen molar-refractivity contribution in [1.82, 2.24) is 14.5 Å². The Labute approximate surface area is 203 Å². The standard InChI is InChI=1S/C25H36N4O4S/c1-7-20(3)26-25(31)21(4)28(17-22-15-13-19(2)14-16-22)24(30)18-29(34(32,33)27(5)6)23-11-9-8-10-12-23/h8-16,20-21H,7,17-18H2,1-6H3,(H,26,31)/t20-,21+/m1/s1. The molecule has 2 aromatic carbocycles. The molecule has 8 nitrogen and oxygen atoms in total. The molecule has 0 saturated heterocycles. The molecule has 0 bridgehead atoms. The van der Waals surface area contributed by atoms with E-state index in [-0.39, 0.29) is 18.5 Å². The Morgan fingerprint density at radius 2 is 1.56 bits per heavy atom. The number of benzene rings is 2. The maximum Gasteiger partial charge on any atom is 0.304 e. The number of aryl methyl sites for hydroxylation is 1. The number of rotatable bonds is 11. The largest absolute Gasteiger partial charge is 0.352 e. The van der Waals surface area contributed by atoms with Gasteiger partial charge in [-0.05, 0) is 44.9 Å². The van der Waals surface area contributed by atoms with Gasteiger partial charge in [0, 0.05) is 26.7 Å². The smallest absolute Gasteiger partial charge is 0.304 e. The zero-order valence-electron chi connectivity index (χ0n) is 20.9. The Morgan fingerprint density at radius 1 is 0.971 bits per heavy atom. The highest BCUT2D eigenvalue weighted by molar-refractivity contribution is 7.90. The van der Waals surface area contributed by atoms with Gasteiger partial charge in [-0.2, -0.15) is 12.7 Å².